The van der Waals surface area contributed by atoms with Gasteiger partial charge in [-0.2, -0.15) is 0 Å². The quantitative estimate of drug-likeness (QED) is 0.471. The second kappa shape index (κ2) is 8.02. The Morgan fingerprint density at radius 2 is 1.94 bits per heavy atom. The molecule has 0 spiro atoms. The lowest BCUT2D eigenvalue weighted by Gasteiger charge is -2.16. The van der Waals surface area contributed by atoms with Crippen molar-refractivity contribution in [3.8, 4) is 0 Å². The van der Waals surface area contributed by atoms with E-state index in [9.17, 15) is 9.59 Å². The fraction of sp³-hybridized carbons (Fsp3) is 0.320. The Morgan fingerprint density at radius 1 is 1.13 bits per heavy atom. The lowest BCUT2D eigenvalue weighted by molar-refractivity contribution is -0.121. The number of carbonyl (C=O) groups excluding carboxylic acids is 1. The Morgan fingerprint density at radius 3 is 2.65 bits per heavy atom. The average molecular weight is 418 g/mol. The minimum Gasteiger partial charge on any atom is -0.464 e. The molecule has 0 unspecified atom stereocenters. The van der Waals surface area contributed by atoms with Crippen LogP contribution < -0.4 is 10.9 Å². The smallest absolute Gasteiger partial charge is 0.339 e. The van der Waals surface area contributed by atoms with Crippen LogP contribution in [0.3, 0.4) is 0 Å². The van der Waals surface area contributed by atoms with Crippen molar-refractivity contribution in [2.24, 2.45) is 0 Å². The Labute approximate surface area is 180 Å². The van der Waals surface area contributed by atoms with E-state index in [-0.39, 0.29) is 17.7 Å². The van der Waals surface area contributed by atoms with Crippen LogP contribution in [0.2, 0.25) is 0 Å². The number of rotatable bonds is 5. The fourth-order valence-electron chi connectivity index (χ4n) is 3.80. The number of carbonyl (C=O) groups is 1. The van der Waals surface area contributed by atoms with Crippen LogP contribution in [0.25, 0.3) is 21.9 Å². The molecule has 0 aliphatic rings. The predicted molar refractivity (Wildman–Crippen MR) is 120 cm³/mol. The zero-order valence-electron chi connectivity index (χ0n) is 18.2. The summed E-state index contributed by atoms with van der Waals surface area (Å²) in [6.07, 6.45) is 3.97. The molecular formula is C25H26N2O4. The van der Waals surface area contributed by atoms with E-state index in [0.717, 1.165) is 27.6 Å². The highest BCUT2D eigenvalue weighted by Gasteiger charge is 2.21. The molecule has 1 aromatic carbocycles. The number of hydrogen-bond donors (Lipinski definition) is 1. The maximum absolute atomic E-state index is 12.6. The zero-order chi connectivity index (χ0) is 22.2. The van der Waals surface area contributed by atoms with Crippen LogP contribution in [-0.2, 0) is 23.2 Å². The minimum atomic E-state index is -0.413. The van der Waals surface area contributed by atoms with E-state index < -0.39 is 5.63 Å². The second-order valence-electron chi connectivity index (χ2n) is 8.83. The van der Waals surface area contributed by atoms with E-state index in [2.05, 4.69) is 31.1 Å². The molecule has 0 radical (unpaired) electrons. The van der Waals surface area contributed by atoms with E-state index >= 15 is 0 Å². The molecule has 1 N–H and O–H groups in total. The van der Waals surface area contributed by atoms with Gasteiger partial charge in [0.05, 0.1) is 18.5 Å². The molecule has 3 heterocycles. The van der Waals surface area contributed by atoms with Gasteiger partial charge in [-0.3, -0.25) is 9.78 Å². The van der Waals surface area contributed by atoms with Crippen molar-refractivity contribution >= 4 is 27.8 Å². The molecule has 6 heteroatoms. The molecule has 3 aromatic heterocycles. The summed E-state index contributed by atoms with van der Waals surface area (Å²) < 4.78 is 11.3. The molecule has 0 aliphatic carbocycles. The van der Waals surface area contributed by atoms with Crippen molar-refractivity contribution < 1.29 is 13.6 Å². The molecule has 0 saturated carbocycles. The van der Waals surface area contributed by atoms with Gasteiger partial charge in [0, 0.05) is 40.6 Å². The Balaban J connectivity index is 1.59. The number of aromatic nitrogens is 1. The highest BCUT2D eigenvalue weighted by molar-refractivity contribution is 5.96. The molecule has 31 heavy (non-hydrogen) atoms. The maximum Gasteiger partial charge on any atom is 0.339 e. The molecule has 0 fully saturated rings. The van der Waals surface area contributed by atoms with Crippen molar-refractivity contribution in [2.75, 3.05) is 0 Å². The summed E-state index contributed by atoms with van der Waals surface area (Å²) in [5.41, 5.74) is 3.96. The van der Waals surface area contributed by atoms with Gasteiger partial charge in [0.1, 0.15) is 11.2 Å². The molecule has 0 saturated heterocycles. The third kappa shape index (κ3) is 4.24. The number of nitrogens with one attached hydrogen (secondary N) is 1. The molecular weight excluding hydrogens is 392 g/mol. The number of amides is 1. The van der Waals surface area contributed by atoms with E-state index in [1.165, 1.54) is 0 Å². The van der Waals surface area contributed by atoms with Gasteiger partial charge in [0.25, 0.3) is 0 Å². The molecule has 0 atom stereocenters. The minimum absolute atomic E-state index is 0.0724. The van der Waals surface area contributed by atoms with Crippen molar-refractivity contribution in [3.05, 3.63) is 75.6 Å². The maximum atomic E-state index is 12.6. The summed E-state index contributed by atoms with van der Waals surface area (Å²) in [4.78, 5) is 29.1. The summed E-state index contributed by atoms with van der Waals surface area (Å²) >= 11 is 0. The lowest BCUT2D eigenvalue weighted by atomic mass is 9.86. The first-order chi connectivity index (χ1) is 14.7. The number of pyridine rings is 1. The summed E-state index contributed by atoms with van der Waals surface area (Å²) in [5.74, 6) is -0.134. The first-order valence-electron chi connectivity index (χ1n) is 10.4. The first-order valence-corrected chi connectivity index (χ1v) is 10.4. The lowest BCUT2D eigenvalue weighted by Crippen LogP contribution is -2.24. The van der Waals surface area contributed by atoms with E-state index in [1.54, 1.807) is 18.5 Å². The average Bonchev–Trinajstić information content (AvgIpc) is 3.15. The predicted octanol–water partition coefficient (Wildman–Crippen LogP) is 4.79. The fourth-order valence-corrected chi connectivity index (χ4v) is 3.80. The standard InChI is InChI=1S/C25H26N2O4/c1-15-17(8-9-23(28)27-13-16-7-5-6-10-26-16)24(29)31-22-12-21-19(11-18(15)22)20(14-30-21)25(2,3)4/h5-7,10-12,14H,8-9,13H2,1-4H3,(H,27,28). The number of furan rings is 1. The molecule has 4 aromatic rings. The third-order valence-corrected chi connectivity index (χ3v) is 5.58. The number of benzene rings is 1. The summed E-state index contributed by atoms with van der Waals surface area (Å²) in [6.45, 7) is 8.67. The highest BCUT2D eigenvalue weighted by Crippen LogP contribution is 2.35. The van der Waals surface area contributed by atoms with E-state index in [0.29, 0.717) is 29.7 Å². The van der Waals surface area contributed by atoms with Crippen LogP contribution in [0.15, 0.2) is 56.4 Å². The van der Waals surface area contributed by atoms with Crippen LogP contribution in [0, 0.1) is 6.92 Å². The Hall–Kier alpha value is -3.41. The SMILES string of the molecule is Cc1c(CCC(=O)NCc2ccccn2)c(=O)oc2cc3occ(C(C)(C)C)c3cc12. The van der Waals surface area contributed by atoms with Crippen LogP contribution in [0.1, 0.15) is 49.6 Å². The number of nitrogens with zero attached hydrogens (tertiary/aromatic N) is 1. The number of aryl methyl sites for hydroxylation is 1. The topological polar surface area (TPSA) is 85.3 Å². The number of fused-ring (bicyclic) bond motifs is 2. The van der Waals surface area contributed by atoms with Crippen LogP contribution in [0.5, 0.6) is 0 Å². The van der Waals surface area contributed by atoms with Crippen molar-refractivity contribution in [1.82, 2.24) is 10.3 Å². The second-order valence-corrected chi connectivity index (χ2v) is 8.83. The van der Waals surface area contributed by atoms with Crippen molar-refractivity contribution in [2.45, 2.75) is 52.5 Å². The van der Waals surface area contributed by atoms with Gasteiger partial charge in [-0.05, 0) is 42.5 Å². The Bertz CT molecular complexity index is 1310. The van der Waals surface area contributed by atoms with Gasteiger partial charge in [-0.15, -0.1) is 0 Å². The molecule has 1 amide bonds. The third-order valence-electron chi connectivity index (χ3n) is 5.58. The van der Waals surface area contributed by atoms with Gasteiger partial charge < -0.3 is 14.2 Å². The van der Waals surface area contributed by atoms with Crippen molar-refractivity contribution in [3.63, 3.8) is 0 Å². The molecule has 6 nitrogen and oxygen atoms in total. The zero-order valence-corrected chi connectivity index (χ0v) is 18.2. The highest BCUT2D eigenvalue weighted by atomic mass is 16.4. The van der Waals surface area contributed by atoms with Gasteiger partial charge in [-0.1, -0.05) is 26.8 Å². The monoisotopic (exact) mass is 418 g/mol. The van der Waals surface area contributed by atoms with Crippen LogP contribution in [-0.4, -0.2) is 10.9 Å². The van der Waals surface area contributed by atoms with Gasteiger partial charge >= 0.3 is 5.63 Å². The number of hydrogen-bond acceptors (Lipinski definition) is 5. The van der Waals surface area contributed by atoms with E-state index in [1.807, 2.05) is 31.2 Å². The molecule has 0 bridgehead atoms. The van der Waals surface area contributed by atoms with Crippen LogP contribution >= 0.6 is 0 Å². The largest absolute Gasteiger partial charge is 0.464 e. The van der Waals surface area contributed by atoms with Gasteiger partial charge in [-0.25, -0.2) is 4.79 Å². The Kier molecular flexibility index (Phi) is 5.39. The first kappa shape index (κ1) is 20.8. The summed E-state index contributed by atoms with van der Waals surface area (Å²) in [6, 6.07) is 9.36. The van der Waals surface area contributed by atoms with Gasteiger partial charge in [0.15, 0.2) is 0 Å². The summed E-state index contributed by atoms with van der Waals surface area (Å²) in [5, 5.41) is 4.72. The molecule has 160 valence electrons. The summed E-state index contributed by atoms with van der Waals surface area (Å²) in [7, 11) is 0. The normalized spacial score (nSPS) is 11.9. The van der Waals surface area contributed by atoms with Gasteiger partial charge in [0.2, 0.25) is 5.91 Å². The van der Waals surface area contributed by atoms with Crippen molar-refractivity contribution in [1.29, 1.82) is 0 Å². The van der Waals surface area contributed by atoms with Crippen LogP contribution in [0.4, 0.5) is 0 Å². The van der Waals surface area contributed by atoms with E-state index in [4.69, 9.17) is 8.83 Å². The molecule has 4 rings (SSSR count). The molecule has 0 aliphatic heterocycles.